The van der Waals surface area contributed by atoms with E-state index in [2.05, 4.69) is 41.8 Å². The number of nitrogens with one attached hydrogen (secondary N) is 1. The number of amides is 1. The van der Waals surface area contributed by atoms with E-state index in [1.165, 1.54) is 6.42 Å². The van der Waals surface area contributed by atoms with Crippen LogP contribution < -0.4 is 5.32 Å². The van der Waals surface area contributed by atoms with Gasteiger partial charge in [0.05, 0.1) is 0 Å². The number of hydrogen-bond donors (Lipinski definition) is 1. The number of carbonyl (C=O) groups excluding carboxylic acids is 1. The SMILES string of the molecule is CC1CCC(NC(=O)c2cccc(I)c2)C1C. The van der Waals surface area contributed by atoms with E-state index in [1.807, 2.05) is 24.3 Å². The zero-order valence-electron chi connectivity index (χ0n) is 10.2. The second kappa shape index (κ2) is 5.38. The monoisotopic (exact) mass is 343 g/mol. The molecule has 1 fully saturated rings. The highest BCUT2D eigenvalue weighted by Gasteiger charge is 2.30. The summed E-state index contributed by atoms with van der Waals surface area (Å²) in [6, 6.07) is 8.07. The molecule has 2 nitrogen and oxygen atoms in total. The summed E-state index contributed by atoms with van der Waals surface area (Å²) >= 11 is 2.23. The molecule has 92 valence electrons. The van der Waals surface area contributed by atoms with Gasteiger partial charge in [0, 0.05) is 15.2 Å². The van der Waals surface area contributed by atoms with Crippen molar-refractivity contribution in [3.63, 3.8) is 0 Å². The van der Waals surface area contributed by atoms with Crippen LogP contribution >= 0.6 is 22.6 Å². The predicted molar refractivity (Wildman–Crippen MR) is 78.0 cm³/mol. The van der Waals surface area contributed by atoms with Crippen LogP contribution in [0.15, 0.2) is 24.3 Å². The van der Waals surface area contributed by atoms with Gasteiger partial charge in [-0.05, 0) is 65.5 Å². The van der Waals surface area contributed by atoms with Gasteiger partial charge in [0.15, 0.2) is 0 Å². The molecule has 1 aromatic rings. The van der Waals surface area contributed by atoms with Gasteiger partial charge in [0.2, 0.25) is 0 Å². The molecule has 0 saturated heterocycles. The van der Waals surface area contributed by atoms with Crippen molar-refractivity contribution in [3.05, 3.63) is 33.4 Å². The Morgan fingerprint density at radius 3 is 2.71 bits per heavy atom. The number of benzene rings is 1. The summed E-state index contributed by atoms with van der Waals surface area (Å²) in [6.45, 7) is 4.50. The van der Waals surface area contributed by atoms with E-state index in [-0.39, 0.29) is 5.91 Å². The van der Waals surface area contributed by atoms with Crippen molar-refractivity contribution in [2.75, 3.05) is 0 Å². The molecule has 0 bridgehead atoms. The van der Waals surface area contributed by atoms with Gasteiger partial charge >= 0.3 is 0 Å². The summed E-state index contributed by atoms with van der Waals surface area (Å²) in [7, 11) is 0. The predicted octanol–water partition coefficient (Wildman–Crippen LogP) is 3.46. The fraction of sp³-hybridized carbons (Fsp3) is 0.500. The summed E-state index contributed by atoms with van der Waals surface area (Å²) in [4.78, 5) is 12.1. The Morgan fingerprint density at radius 1 is 1.35 bits per heavy atom. The fourth-order valence-corrected chi connectivity index (χ4v) is 2.99. The zero-order chi connectivity index (χ0) is 12.4. The normalized spacial score (nSPS) is 28.1. The van der Waals surface area contributed by atoms with Gasteiger partial charge in [-0.15, -0.1) is 0 Å². The quantitative estimate of drug-likeness (QED) is 0.819. The zero-order valence-corrected chi connectivity index (χ0v) is 12.4. The van der Waals surface area contributed by atoms with Crippen LogP contribution in [0, 0.1) is 15.4 Å². The molecular weight excluding hydrogens is 325 g/mol. The van der Waals surface area contributed by atoms with Crippen LogP contribution in [0.1, 0.15) is 37.0 Å². The minimum atomic E-state index is 0.0643. The lowest BCUT2D eigenvalue weighted by molar-refractivity contribution is 0.0927. The molecule has 17 heavy (non-hydrogen) atoms. The van der Waals surface area contributed by atoms with Crippen LogP contribution in [0.3, 0.4) is 0 Å². The summed E-state index contributed by atoms with van der Waals surface area (Å²) < 4.78 is 1.10. The van der Waals surface area contributed by atoms with Gasteiger partial charge in [-0.2, -0.15) is 0 Å². The average Bonchev–Trinajstić information content (AvgIpc) is 2.61. The van der Waals surface area contributed by atoms with E-state index in [0.29, 0.717) is 12.0 Å². The lowest BCUT2D eigenvalue weighted by Crippen LogP contribution is -2.37. The summed E-state index contributed by atoms with van der Waals surface area (Å²) in [6.07, 6.45) is 2.33. The average molecular weight is 343 g/mol. The Morgan fingerprint density at radius 2 is 2.12 bits per heavy atom. The van der Waals surface area contributed by atoms with Crippen LogP contribution in [-0.4, -0.2) is 11.9 Å². The molecule has 1 aromatic carbocycles. The Bertz CT molecular complexity index is 418. The molecule has 3 unspecified atom stereocenters. The van der Waals surface area contributed by atoms with Crippen molar-refractivity contribution < 1.29 is 4.79 Å². The van der Waals surface area contributed by atoms with Gasteiger partial charge < -0.3 is 5.32 Å². The van der Waals surface area contributed by atoms with E-state index in [4.69, 9.17) is 0 Å². The van der Waals surface area contributed by atoms with Crippen LogP contribution in [-0.2, 0) is 0 Å². The minimum Gasteiger partial charge on any atom is -0.349 e. The molecule has 3 atom stereocenters. The Hall–Kier alpha value is -0.580. The van der Waals surface area contributed by atoms with E-state index < -0.39 is 0 Å². The van der Waals surface area contributed by atoms with Crippen LogP contribution in [0.25, 0.3) is 0 Å². The molecule has 0 radical (unpaired) electrons. The lowest BCUT2D eigenvalue weighted by Gasteiger charge is -2.19. The van der Waals surface area contributed by atoms with Crippen molar-refractivity contribution in [3.8, 4) is 0 Å². The molecule has 0 spiro atoms. The first-order valence-corrected chi connectivity index (χ1v) is 7.22. The van der Waals surface area contributed by atoms with Crippen LogP contribution in [0.5, 0.6) is 0 Å². The highest BCUT2D eigenvalue weighted by molar-refractivity contribution is 14.1. The van der Waals surface area contributed by atoms with Crippen molar-refractivity contribution in [2.45, 2.75) is 32.7 Å². The molecule has 1 amide bonds. The highest BCUT2D eigenvalue weighted by Crippen LogP contribution is 2.31. The number of hydrogen-bond acceptors (Lipinski definition) is 1. The molecule has 0 heterocycles. The van der Waals surface area contributed by atoms with Gasteiger partial charge in [0.1, 0.15) is 0 Å². The van der Waals surface area contributed by atoms with Gasteiger partial charge in [-0.25, -0.2) is 0 Å². The molecule has 1 N–H and O–H groups in total. The van der Waals surface area contributed by atoms with E-state index in [9.17, 15) is 4.79 Å². The van der Waals surface area contributed by atoms with Gasteiger partial charge in [-0.1, -0.05) is 19.9 Å². The van der Waals surface area contributed by atoms with Gasteiger partial charge in [0.25, 0.3) is 5.91 Å². The first kappa shape index (κ1) is 12.9. The molecule has 2 rings (SSSR count). The second-order valence-electron chi connectivity index (χ2n) is 5.00. The summed E-state index contributed by atoms with van der Waals surface area (Å²) in [5.74, 6) is 1.37. The number of carbonyl (C=O) groups is 1. The topological polar surface area (TPSA) is 29.1 Å². The largest absolute Gasteiger partial charge is 0.349 e. The Balaban J connectivity index is 2.02. The van der Waals surface area contributed by atoms with Crippen molar-refractivity contribution in [1.82, 2.24) is 5.32 Å². The maximum Gasteiger partial charge on any atom is 0.251 e. The third-order valence-electron chi connectivity index (χ3n) is 3.87. The molecular formula is C14H18INO. The van der Waals surface area contributed by atoms with Crippen LogP contribution in [0.2, 0.25) is 0 Å². The van der Waals surface area contributed by atoms with Crippen molar-refractivity contribution in [2.24, 2.45) is 11.8 Å². The second-order valence-corrected chi connectivity index (χ2v) is 6.25. The molecule has 3 heteroatoms. The molecule has 0 aliphatic heterocycles. The third-order valence-corrected chi connectivity index (χ3v) is 4.54. The molecule has 1 aliphatic carbocycles. The Kier molecular flexibility index (Phi) is 4.07. The first-order chi connectivity index (χ1) is 8.08. The number of rotatable bonds is 2. The van der Waals surface area contributed by atoms with E-state index in [1.54, 1.807) is 0 Å². The summed E-state index contributed by atoms with van der Waals surface area (Å²) in [5.41, 5.74) is 0.767. The van der Waals surface area contributed by atoms with Crippen molar-refractivity contribution in [1.29, 1.82) is 0 Å². The number of halogens is 1. The smallest absolute Gasteiger partial charge is 0.251 e. The standard InChI is InChI=1S/C14H18INO/c1-9-6-7-13(10(9)2)16-14(17)11-4-3-5-12(15)8-11/h3-5,8-10,13H,6-7H2,1-2H3,(H,16,17). The molecule has 1 saturated carbocycles. The highest BCUT2D eigenvalue weighted by atomic mass is 127. The first-order valence-electron chi connectivity index (χ1n) is 6.14. The summed E-state index contributed by atoms with van der Waals surface area (Å²) in [5, 5.41) is 3.16. The maximum atomic E-state index is 12.1. The van der Waals surface area contributed by atoms with E-state index in [0.717, 1.165) is 21.5 Å². The van der Waals surface area contributed by atoms with Gasteiger partial charge in [-0.3, -0.25) is 4.79 Å². The van der Waals surface area contributed by atoms with E-state index >= 15 is 0 Å². The third kappa shape index (κ3) is 3.00. The Labute approximate surface area is 116 Å². The van der Waals surface area contributed by atoms with Crippen LogP contribution in [0.4, 0.5) is 0 Å². The minimum absolute atomic E-state index is 0.0643. The van der Waals surface area contributed by atoms with Crippen molar-refractivity contribution >= 4 is 28.5 Å². The molecule has 1 aliphatic rings. The maximum absolute atomic E-state index is 12.1. The molecule has 0 aromatic heterocycles. The lowest BCUT2D eigenvalue weighted by atomic mass is 9.97. The fourth-order valence-electron chi connectivity index (χ4n) is 2.45.